The van der Waals surface area contributed by atoms with Gasteiger partial charge in [0.05, 0.1) is 5.60 Å². The SMILES string of the molecule is CCCCN(CCN)C1CCOC2(CCC2)C1. The minimum absolute atomic E-state index is 0.266. The molecule has 1 saturated heterocycles. The first-order valence-electron chi connectivity index (χ1n) is 7.38. The second-order valence-corrected chi connectivity index (χ2v) is 5.71. The first-order valence-corrected chi connectivity index (χ1v) is 7.38. The van der Waals surface area contributed by atoms with Gasteiger partial charge in [0.15, 0.2) is 0 Å². The van der Waals surface area contributed by atoms with Crippen LogP contribution in [0, 0.1) is 0 Å². The minimum Gasteiger partial charge on any atom is -0.375 e. The molecule has 0 amide bonds. The van der Waals surface area contributed by atoms with Crippen LogP contribution in [-0.4, -0.2) is 42.8 Å². The van der Waals surface area contributed by atoms with E-state index in [1.165, 1.54) is 51.5 Å². The maximum Gasteiger partial charge on any atom is 0.0697 e. The van der Waals surface area contributed by atoms with Crippen LogP contribution in [0.5, 0.6) is 0 Å². The fourth-order valence-electron chi connectivity index (χ4n) is 3.24. The van der Waals surface area contributed by atoms with Gasteiger partial charge in [0.25, 0.3) is 0 Å². The Bertz CT molecular complexity index is 228. The molecule has 0 aromatic rings. The largest absolute Gasteiger partial charge is 0.375 e. The Kier molecular flexibility index (Phi) is 4.83. The molecule has 0 aromatic carbocycles. The summed E-state index contributed by atoms with van der Waals surface area (Å²) in [5.74, 6) is 0. The van der Waals surface area contributed by atoms with E-state index in [0.29, 0.717) is 0 Å². The van der Waals surface area contributed by atoms with E-state index < -0.39 is 0 Å². The summed E-state index contributed by atoms with van der Waals surface area (Å²) in [6.07, 6.45) is 8.95. The summed E-state index contributed by atoms with van der Waals surface area (Å²) in [7, 11) is 0. The fraction of sp³-hybridized carbons (Fsp3) is 1.00. The molecular formula is C14H28N2O. The Hall–Kier alpha value is -0.120. The third kappa shape index (κ3) is 3.21. The Morgan fingerprint density at radius 2 is 2.18 bits per heavy atom. The van der Waals surface area contributed by atoms with E-state index >= 15 is 0 Å². The van der Waals surface area contributed by atoms with Crippen molar-refractivity contribution in [1.82, 2.24) is 4.90 Å². The van der Waals surface area contributed by atoms with Gasteiger partial charge in [0.2, 0.25) is 0 Å². The van der Waals surface area contributed by atoms with Crippen molar-refractivity contribution in [2.45, 2.75) is 63.5 Å². The average Bonchev–Trinajstić information content (AvgIpc) is 2.33. The molecule has 3 nitrogen and oxygen atoms in total. The molecule has 17 heavy (non-hydrogen) atoms. The number of ether oxygens (including phenoxy) is 1. The van der Waals surface area contributed by atoms with E-state index in [-0.39, 0.29) is 5.60 Å². The van der Waals surface area contributed by atoms with Crippen molar-refractivity contribution in [3.63, 3.8) is 0 Å². The lowest BCUT2D eigenvalue weighted by molar-refractivity contribution is -0.148. The Morgan fingerprint density at radius 3 is 2.76 bits per heavy atom. The van der Waals surface area contributed by atoms with Gasteiger partial charge in [-0.05, 0) is 45.1 Å². The lowest BCUT2D eigenvalue weighted by Gasteiger charge is -2.49. The maximum absolute atomic E-state index is 6.01. The molecule has 1 heterocycles. The highest BCUT2D eigenvalue weighted by atomic mass is 16.5. The summed E-state index contributed by atoms with van der Waals surface area (Å²) in [6, 6.07) is 0.721. The smallest absolute Gasteiger partial charge is 0.0697 e. The highest BCUT2D eigenvalue weighted by molar-refractivity contribution is 4.96. The standard InChI is InChI=1S/C14H28N2O/c1-2-3-9-16(10-8-15)13-5-11-17-14(12-13)6-4-7-14/h13H,2-12,15H2,1H3. The van der Waals surface area contributed by atoms with Gasteiger partial charge in [-0.2, -0.15) is 0 Å². The highest BCUT2D eigenvalue weighted by Gasteiger charge is 2.43. The summed E-state index contributed by atoms with van der Waals surface area (Å²) in [5.41, 5.74) is 6.01. The Morgan fingerprint density at radius 1 is 1.35 bits per heavy atom. The van der Waals surface area contributed by atoms with E-state index in [1.807, 2.05) is 0 Å². The second-order valence-electron chi connectivity index (χ2n) is 5.71. The summed E-state index contributed by atoms with van der Waals surface area (Å²) in [6.45, 7) is 6.28. The van der Waals surface area contributed by atoms with Gasteiger partial charge in [-0.25, -0.2) is 0 Å². The molecule has 2 fully saturated rings. The number of nitrogens with zero attached hydrogens (tertiary/aromatic N) is 1. The third-order valence-electron chi connectivity index (χ3n) is 4.46. The molecule has 1 aliphatic carbocycles. The normalized spacial score (nSPS) is 27.4. The third-order valence-corrected chi connectivity index (χ3v) is 4.46. The van der Waals surface area contributed by atoms with Gasteiger partial charge in [0, 0.05) is 25.7 Å². The molecule has 100 valence electrons. The van der Waals surface area contributed by atoms with Crippen LogP contribution < -0.4 is 5.73 Å². The van der Waals surface area contributed by atoms with Gasteiger partial charge in [-0.1, -0.05) is 13.3 Å². The molecule has 1 aliphatic heterocycles. The zero-order valence-electron chi connectivity index (χ0n) is 11.3. The van der Waals surface area contributed by atoms with Gasteiger partial charge in [-0.3, -0.25) is 4.90 Å². The van der Waals surface area contributed by atoms with Crippen molar-refractivity contribution in [1.29, 1.82) is 0 Å². The van der Waals surface area contributed by atoms with Crippen LogP contribution in [0.4, 0.5) is 0 Å². The summed E-state index contributed by atoms with van der Waals surface area (Å²) < 4.78 is 6.01. The number of unbranched alkanes of at least 4 members (excludes halogenated alkanes) is 1. The van der Waals surface area contributed by atoms with Crippen LogP contribution in [0.15, 0.2) is 0 Å². The van der Waals surface area contributed by atoms with Crippen LogP contribution >= 0.6 is 0 Å². The van der Waals surface area contributed by atoms with E-state index in [4.69, 9.17) is 10.5 Å². The van der Waals surface area contributed by atoms with Gasteiger partial charge in [0.1, 0.15) is 0 Å². The first kappa shape index (κ1) is 13.3. The summed E-state index contributed by atoms with van der Waals surface area (Å²) in [4.78, 5) is 2.62. The number of nitrogens with two attached hydrogens (primary N) is 1. The lowest BCUT2D eigenvalue weighted by Crippen LogP contribution is -2.53. The predicted molar refractivity (Wildman–Crippen MR) is 71.1 cm³/mol. The average molecular weight is 240 g/mol. The maximum atomic E-state index is 6.01. The molecule has 2 rings (SSSR count). The molecule has 0 radical (unpaired) electrons. The quantitative estimate of drug-likeness (QED) is 0.773. The number of hydrogen-bond acceptors (Lipinski definition) is 3. The molecule has 3 heteroatoms. The van der Waals surface area contributed by atoms with Crippen LogP contribution in [0.1, 0.15) is 51.9 Å². The summed E-state index contributed by atoms with van der Waals surface area (Å²) in [5, 5.41) is 0. The van der Waals surface area contributed by atoms with Gasteiger partial charge < -0.3 is 10.5 Å². The van der Waals surface area contributed by atoms with Crippen LogP contribution in [0.3, 0.4) is 0 Å². The molecule has 1 unspecified atom stereocenters. The van der Waals surface area contributed by atoms with Crippen molar-refractivity contribution in [3.8, 4) is 0 Å². The zero-order chi connectivity index (χ0) is 12.1. The molecule has 0 bridgehead atoms. The fourth-order valence-corrected chi connectivity index (χ4v) is 3.24. The highest BCUT2D eigenvalue weighted by Crippen LogP contribution is 2.43. The first-order chi connectivity index (χ1) is 8.29. The van der Waals surface area contributed by atoms with E-state index in [9.17, 15) is 0 Å². The van der Waals surface area contributed by atoms with Crippen LogP contribution in [0.2, 0.25) is 0 Å². The van der Waals surface area contributed by atoms with Crippen LogP contribution in [-0.2, 0) is 4.74 Å². The Balaban J connectivity index is 1.87. The number of rotatable bonds is 6. The molecular weight excluding hydrogens is 212 g/mol. The monoisotopic (exact) mass is 240 g/mol. The topological polar surface area (TPSA) is 38.5 Å². The molecule has 1 saturated carbocycles. The van der Waals surface area contributed by atoms with Gasteiger partial charge >= 0.3 is 0 Å². The van der Waals surface area contributed by atoms with Crippen molar-refractivity contribution in [2.24, 2.45) is 5.73 Å². The molecule has 1 spiro atoms. The predicted octanol–water partition coefficient (Wildman–Crippen LogP) is 2.15. The minimum atomic E-state index is 0.266. The summed E-state index contributed by atoms with van der Waals surface area (Å²) >= 11 is 0. The van der Waals surface area contributed by atoms with Crippen molar-refractivity contribution < 1.29 is 4.74 Å². The van der Waals surface area contributed by atoms with Crippen molar-refractivity contribution >= 4 is 0 Å². The Labute approximate surface area is 106 Å². The van der Waals surface area contributed by atoms with E-state index in [2.05, 4.69) is 11.8 Å². The van der Waals surface area contributed by atoms with E-state index in [0.717, 1.165) is 25.7 Å². The molecule has 1 atom stereocenters. The molecule has 0 aromatic heterocycles. The van der Waals surface area contributed by atoms with Crippen LogP contribution in [0.25, 0.3) is 0 Å². The van der Waals surface area contributed by atoms with Gasteiger partial charge in [-0.15, -0.1) is 0 Å². The lowest BCUT2D eigenvalue weighted by atomic mass is 9.73. The molecule has 2 aliphatic rings. The second kappa shape index (κ2) is 6.17. The van der Waals surface area contributed by atoms with E-state index in [1.54, 1.807) is 0 Å². The van der Waals surface area contributed by atoms with Crippen molar-refractivity contribution in [3.05, 3.63) is 0 Å². The molecule has 2 N–H and O–H groups in total. The zero-order valence-corrected chi connectivity index (χ0v) is 11.3. The number of hydrogen-bond donors (Lipinski definition) is 1. The van der Waals surface area contributed by atoms with Crippen molar-refractivity contribution in [2.75, 3.05) is 26.2 Å².